The van der Waals surface area contributed by atoms with Gasteiger partial charge in [-0.2, -0.15) is 0 Å². The first kappa shape index (κ1) is 15.2. The monoisotopic (exact) mass is 299 g/mol. The summed E-state index contributed by atoms with van der Waals surface area (Å²) in [6.07, 6.45) is 3.79. The molecular formula is C12H21N5O2S. The molecule has 1 aromatic rings. The molecule has 0 saturated carbocycles. The van der Waals surface area contributed by atoms with Crippen LogP contribution in [0.4, 0.5) is 5.69 Å². The van der Waals surface area contributed by atoms with Crippen molar-refractivity contribution in [2.45, 2.75) is 30.8 Å². The second kappa shape index (κ2) is 6.49. The number of rotatable bonds is 6. The normalized spacial score (nSPS) is 18.1. The van der Waals surface area contributed by atoms with E-state index in [9.17, 15) is 8.42 Å². The molecule has 1 aliphatic heterocycles. The van der Waals surface area contributed by atoms with Gasteiger partial charge in [0, 0.05) is 18.8 Å². The Hall–Kier alpha value is -1.22. The molecule has 1 fully saturated rings. The Kier molecular flexibility index (Phi) is 4.92. The maximum absolute atomic E-state index is 12.3. The van der Waals surface area contributed by atoms with E-state index >= 15 is 0 Å². The Morgan fingerprint density at radius 1 is 1.45 bits per heavy atom. The van der Waals surface area contributed by atoms with Crippen LogP contribution in [0.25, 0.3) is 0 Å². The molecule has 2 heterocycles. The number of hydrazine groups is 1. The van der Waals surface area contributed by atoms with Crippen LogP contribution in [-0.4, -0.2) is 44.0 Å². The molecule has 0 radical (unpaired) electrons. The zero-order chi connectivity index (χ0) is 14.6. The van der Waals surface area contributed by atoms with E-state index in [1.807, 2.05) is 6.92 Å². The number of sulfonamides is 1. The van der Waals surface area contributed by atoms with Crippen LogP contribution < -0.4 is 16.0 Å². The number of hydrogen-bond acceptors (Lipinski definition) is 6. The standard InChI is InChI=1S/C12H21N5O2S/c1-10(9-17-7-2-3-8-17)16-20(18,19)12-11(15-13)5-4-6-14-12/h4-6,10,15-16H,2-3,7-9,13H2,1H3. The summed E-state index contributed by atoms with van der Waals surface area (Å²) >= 11 is 0. The lowest BCUT2D eigenvalue weighted by Crippen LogP contribution is -2.41. The minimum Gasteiger partial charge on any atom is -0.321 e. The van der Waals surface area contributed by atoms with Crippen molar-refractivity contribution in [1.82, 2.24) is 14.6 Å². The Labute approximate surface area is 119 Å². The van der Waals surface area contributed by atoms with Crippen molar-refractivity contribution >= 4 is 15.7 Å². The number of aromatic nitrogens is 1. The molecule has 2 rings (SSSR count). The van der Waals surface area contributed by atoms with Gasteiger partial charge in [-0.05, 0) is 45.0 Å². The fourth-order valence-corrected chi connectivity index (χ4v) is 3.76. The summed E-state index contributed by atoms with van der Waals surface area (Å²) in [6, 6.07) is 3.03. The third-order valence-electron chi connectivity index (χ3n) is 3.27. The number of nitrogen functional groups attached to an aromatic ring is 1. The maximum Gasteiger partial charge on any atom is 0.260 e. The predicted octanol–water partition coefficient (Wildman–Crippen LogP) is 0.130. The van der Waals surface area contributed by atoms with Gasteiger partial charge >= 0.3 is 0 Å². The minimum absolute atomic E-state index is 0.0734. The summed E-state index contributed by atoms with van der Waals surface area (Å²) in [7, 11) is -3.67. The van der Waals surface area contributed by atoms with Gasteiger partial charge in [-0.15, -0.1) is 0 Å². The molecule has 0 aliphatic carbocycles. The van der Waals surface area contributed by atoms with Crippen molar-refractivity contribution in [3.63, 3.8) is 0 Å². The molecule has 20 heavy (non-hydrogen) atoms. The molecule has 1 saturated heterocycles. The molecule has 1 atom stereocenters. The number of nitrogens with two attached hydrogens (primary N) is 1. The molecule has 0 spiro atoms. The SMILES string of the molecule is CC(CN1CCCC1)NS(=O)(=O)c1ncccc1NN. The van der Waals surface area contributed by atoms with E-state index in [1.165, 1.54) is 19.0 Å². The summed E-state index contributed by atoms with van der Waals surface area (Å²) in [5.41, 5.74) is 2.64. The van der Waals surface area contributed by atoms with Crippen molar-refractivity contribution in [1.29, 1.82) is 0 Å². The Morgan fingerprint density at radius 2 is 2.15 bits per heavy atom. The first-order chi connectivity index (χ1) is 9.53. The highest BCUT2D eigenvalue weighted by atomic mass is 32.2. The van der Waals surface area contributed by atoms with E-state index in [4.69, 9.17) is 5.84 Å². The van der Waals surface area contributed by atoms with Crippen molar-refractivity contribution in [2.24, 2.45) is 5.84 Å². The molecular weight excluding hydrogens is 278 g/mol. The number of nitrogens with one attached hydrogen (secondary N) is 2. The minimum atomic E-state index is -3.67. The molecule has 7 nitrogen and oxygen atoms in total. The van der Waals surface area contributed by atoms with Gasteiger partial charge in [-0.1, -0.05) is 0 Å². The van der Waals surface area contributed by atoms with E-state index in [1.54, 1.807) is 12.1 Å². The van der Waals surface area contributed by atoms with Gasteiger partial charge in [0.1, 0.15) is 0 Å². The lowest BCUT2D eigenvalue weighted by atomic mass is 10.3. The summed E-state index contributed by atoms with van der Waals surface area (Å²) in [5, 5.41) is -0.0734. The molecule has 4 N–H and O–H groups in total. The fourth-order valence-electron chi connectivity index (χ4n) is 2.43. The van der Waals surface area contributed by atoms with Gasteiger partial charge in [-0.25, -0.2) is 18.1 Å². The topological polar surface area (TPSA) is 100 Å². The first-order valence-electron chi connectivity index (χ1n) is 6.69. The van der Waals surface area contributed by atoms with Crippen LogP contribution in [0.1, 0.15) is 19.8 Å². The second-order valence-corrected chi connectivity index (χ2v) is 6.66. The fraction of sp³-hybridized carbons (Fsp3) is 0.583. The summed E-state index contributed by atoms with van der Waals surface area (Å²) in [6.45, 7) is 4.63. The van der Waals surface area contributed by atoms with Crippen LogP contribution in [0.3, 0.4) is 0 Å². The molecule has 1 aromatic heterocycles. The number of hydrogen-bond donors (Lipinski definition) is 3. The van der Waals surface area contributed by atoms with Gasteiger partial charge < -0.3 is 10.3 Å². The Morgan fingerprint density at radius 3 is 2.80 bits per heavy atom. The third-order valence-corrected chi connectivity index (χ3v) is 4.82. The molecule has 8 heteroatoms. The lowest BCUT2D eigenvalue weighted by molar-refractivity contribution is 0.312. The molecule has 1 unspecified atom stereocenters. The largest absolute Gasteiger partial charge is 0.321 e. The molecule has 0 bridgehead atoms. The van der Waals surface area contributed by atoms with Crippen LogP contribution in [0, 0.1) is 0 Å². The van der Waals surface area contributed by atoms with Crippen LogP contribution in [0.2, 0.25) is 0 Å². The molecule has 0 aromatic carbocycles. The van der Waals surface area contributed by atoms with E-state index in [2.05, 4.69) is 20.0 Å². The average molecular weight is 299 g/mol. The molecule has 1 aliphatic rings. The highest BCUT2D eigenvalue weighted by molar-refractivity contribution is 7.89. The zero-order valence-electron chi connectivity index (χ0n) is 11.5. The zero-order valence-corrected chi connectivity index (χ0v) is 12.4. The number of nitrogens with zero attached hydrogens (tertiary/aromatic N) is 2. The van der Waals surface area contributed by atoms with Gasteiger partial charge in [0.25, 0.3) is 10.0 Å². The summed E-state index contributed by atoms with van der Waals surface area (Å²) in [5.74, 6) is 5.32. The second-order valence-electron chi connectivity index (χ2n) is 5.03. The van der Waals surface area contributed by atoms with E-state index in [0.29, 0.717) is 6.54 Å². The molecule has 112 valence electrons. The smallest absolute Gasteiger partial charge is 0.260 e. The van der Waals surface area contributed by atoms with Crippen molar-refractivity contribution in [3.8, 4) is 0 Å². The third kappa shape index (κ3) is 3.66. The van der Waals surface area contributed by atoms with E-state index < -0.39 is 10.0 Å². The van der Waals surface area contributed by atoms with E-state index in [0.717, 1.165) is 13.1 Å². The number of likely N-dealkylation sites (tertiary alicyclic amines) is 1. The maximum atomic E-state index is 12.3. The predicted molar refractivity (Wildman–Crippen MR) is 77.5 cm³/mol. The van der Waals surface area contributed by atoms with Crippen LogP contribution in [-0.2, 0) is 10.0 Å². The Bertz CT molecular complexity index is 543. The first-order valence-corrected chi connectivity index (χ1v) is 8.17. The summed E-state index contributed by atoms with van der Waals surface area (Å²) in [4.78, 5) is 6.16. The van der Waals surface area contributed by atoms with Gasteiger partial charge in [0.15, 0.2) is 5.03 Å². The van der Waals surface area contributed by atoms with Gasteiger partial charge in [-0.3, -0.25) is 5.84 Å². The van der Waals surface area contributed by atoms with Crippen LogP contribution in [0.15, 0.2) is 23.4 Å². The Balaban J connectivity index is 2.06. The number of pyridine rings is 1. The van der Waals surface area contributed by atoms with Crippen molar-refractivity contribution in [3.05, 3.63) is 18.3 Å². The highest BCUT2D eigenvalue weighted by Gasteiger charge is 2.23. The van der Waals surface area contributed by atoms with Crippen LogP contribution in [0.5, 0.6) is 0 Å². The van der Waals surface area contributed by atoms with Crippen LogP contribution >= 0.6 is 0 Å². The van der Waals surface area contributed by atoms with Crippen molar-refractivity contribution in [2.75, 3.05) is 25.1 Å². The lowest BCUT2D eigenvalue weighted by Gasteiger charge is -2.21. The summed E-state index contributed by atoms with van der Waals surface area (Å²) < 4.78 is 27.3. The highest BCUT2D eigenvalue weighted by Crippen LogP contribution is 2.17. The number of anilines is 1. The van der Waals surface area contributed by atoms with E-state index in [-0.39, 0.29) is 16.8 Å². The van der Waals surface area contributed by atoms with Gasteiger partial charge in [0.2, 0.25) is 0 Å². The average Bonchev–Trinajstić information content (AvgIpc) is 2.90. The quantitative estimate of drug-likeness (QED) is 0.510. The van der Waals surface area contributed by atoms with Crippen molar-refractivity contribution < 1.29 is 8.42 Å². The van der Waals surface area contributed by atoms with Gasteiger partial charge in [0.05, 0.1) is 5.69 Å². The molecule has 0 amide bonds.